The Kier molecular flexibility index (Phi) is 4.39. The van der Waals surface area contributed by atoms with E-state index in [4.69, 9.17) is 0 Å². The number of aliphatic hydroxyl groups is 1. The van der Waals surface area contributed by atoms with Gasteiger partial charge in [-0.2, -0.15) is 5.10 Å². The third-order valence-corrected chi connectivity index (χ3v) is 4.08. The second-order valence-electron chi connectivity index (χ2n) is 5.49. The summed E-state index contributed by atoms with van der Waals surface area (Å²) in [6.45, 7) is 0.0193. The van der Waals surface area contributed by atoms with Crippen LogP contribution in [0.15, 0.2) is 54.7 Å². The van der Waals surface area contributed by atoms with Gasteiger partial charge in [0.15, 0.2) is 0 Å². The Hall–Kier alpha value is -2.66. The van der Waals surface area contributed by atoms with Crippen molar-refractivity contribution in [2.45, 2.75) is 12.5 Å². The van der Waals surface area contributed by atoms with Gasteiger partial charge in [-0.15, -0.1) is 0 Å². The molecule has 1 unspecified atom stereocenters. The maximum absolute atomic E-state index is 12.9. The lowest BCUT2D eigenvalue weighted by molar-refractivity contribution is 0.0707. The number of H-pyrrole nitrogens is 1. The molecule has 2 N–H and O–H groups in total. The molecule has 0 aliphatic rings. The van der Waals surface area contributed by atoms with Crippen molar-refractivity contribution in [1.82, 2.24) is 15.1 Å². The number of carbonyl (C=O) groups excluding carboxylic acids is 1. The minimum absolute atomic E-state index is 0.0193. The van der Waals surface area contributed by atoms with Gasteiger partial charge in [-0.1, -0.05) is 42.5 Å². The summed E-state index contributed by atoms with van der Waals surface area (Å²) in [5, 5.41) is 17.2. The third-order valence-electron chi connectivity index (χ3n) is 4.08. The molecule has 5 heteroatoms. The lowest BCUT2D eigenvalue weighted by Gasteiger charge is -2.28. The van der Waals surface area contributed by atoms with Crippen molar-refractivity contribution in [1.29, 1.82) is 0 Å². The Morgan fingerprint density at radius 1 is 1.22 bits per heavy atom. The molecule has 1 aromatic heterocycles. The highest BCUT2D eigenvalue weighted by atomic mass is 16.3. The van der Waals surface area contributed by atoms with E-state index in [0.29, 0.717) is 12.0 Å². The van der Waals surface area contributed by atoms with Crippen LogP contribution in [0.3, 0.4) is 0 Å². The van der Waals surface area contributed by atoms with Crippen LogP contribution in [0.5, 0.6) is 0 Å². The highest BCUT2D eigenvalue weighted by Gasteiger charge is 2.23. The lowest BCUT2D eigenvalue weighted by atomic mass is 10.0. The first kappa shape index (κ1) is 15.2. The molecule has 5 nitrogen and oxygen atoms in total. The maximum Gasteiger partial charge on any atom is 0.256 e. The molecule has 0 spiro atoms. The number of aromatic amines is 1. The highest BCUT2D eigenvalue weighted by molar-refractivity contribution is 6.05. The number of nitrogens with one attached hydrogen (secondary N) is 1. The first-order chi connectivity index (χ1) is 11.2. The molecule has 2 aromatic carbocycles. The van der Waals surface area contributed by atoms with Crippen molar-refractivity contribution in [3.63, 3.8) is 0 Å². The van der Waals surface area contributed by atoms with E-state index in [1.54, 1.807) is 24.2 Å². The van der Waals surface area contributed by atoms with Gasteiger partial charge in [0.1, 0.15) is 0 Å². The van der Waals surface area contributed by atoms with Crippen molar-refractivity contribution in [3.05, 3.63) is 65.9 Å². The fourth-order valence-corrected chi connectivity index (χ4v) is 2.86. The van der Waals surface area contributed by atoms with E-state index >= 15 is 0 Å². The van der Waals surface area contributed by atoms with Crippen molar-refractivity contribution in [3.8, 4) is 0 Å². The Balaban J connectivity index is 1.95. The molecule has 0 saturated carbocycles. The summed E-state index contributed by atoms with van der Waals surface area (Å²) in [7, 11) is 1.77. The number of carbonyl (C=O) groups is 1. The average molecular weight is 309 g/mol. The molecule has 1 heterocycles. The minimum Gasteiger partial charge on any atom is -0.396 e. The standard InChI is InChI=1S/C18H19N3O2/c1-21(16(10-11-22)13-6-3-2-4-7-13)18(23)15-9-5-8-14-12-19-20-17(14)15/h2-9,12,16,22H,10-11H2,1H3,(H,19,20). The highest BCUT2D eigenvalue weighted by Crippen LogP contribution is 2.26. The molecule has 23 heavy (non-hydrogen) atoms. The zero-order chi connectivity index (χ0) is 16.2. The Morgan fingerprint density at radius 3 is 2.74 bits per heavy atom. The monoisotopic (exact) mass is 309 g/mol. The van der Waals surface area contributed by atoms with Crippen LogP contribution in [-0.2, 0) is 0 Å². The van der Waals surface area contributed by atoms with Crippen molar-refractivity contribution in [2.24, 2.45) is 0 Å². The van der Waals surface area contributed by atoms with Crippen molar-refractivity contribution in [2.75, 3.05) is 13.7 Å². The Labute approximate surface area is 134 Å². The molecule has 3 aromatic rings. The van der Waals surface area contributed by atoms with Crippen LogP contribution >= 0.6 is 0 Å². The smallest absolute Gasteiger partial charge is 0.256 e. The molecule has 118 valence electrons. The Bertz CT molecular complexity index is 798. The number of aromatic nitrogens is 2. The van der Waals surface area contributed by atoms with Crippen LogP contribution in [-0.4, -0.2) is 39.8 Å². The first-order valence-corrected chi connectivity index (χ1v) is 7.57. The van der Waals surface area contributed by atoms with Gasteiger partial charge in [-0.05, 0) is 18.1 Å². The summed E-state index contributed by atoms with van der Waals surface area (Å²) in [4.78, 5) is 14.6. The van der Waals surface area contributed by atoms with Gasteiger partial charge in [0.05, 0.1) is 23.3 Å². The molecule has 1 atom stereocenters. The van der Waals surface area contributed by atoms with Gasteiger partial charge in [0, 0.05) is 19.0 Å². The second kappa shape index (κ2) is 6.62. The number of hydrogen-bond donors (Lipinski definition) is 2. The van der Waals surface area contributed by atoms with Gasteiger partial charge in [0.25, 0.3) is 5.91 Å². The molecular weight excluding hydrogens is 290 g/mol. The number of amides is 1. The predicted octanol–water partition coefficient (Wildman–Crippen LogP) is 2.76. The van der Waals surface area contributed by atoms with E-state index in [1.807, 2.05) is 42.5 Å². The fraction of sp³-hybridized carbons (Fsp3) is 0.222. The van der Waals surface area contributed by atoms with Crippen LogP contribution in [0.2, 0.25) is 0 Å². The number of rotatable bonds is 5. The first-order valence-electron chi connectivity index (χ1n) is 7.57. The SMILES string of the molecule is CN(C(=O)c1cccc2cn[nH]c12)C(CCO)c1ccccc1. The van der Waals surface area contributed by atoms with Crippen LogP contribution in [0.4, 0.5) is 0 Å². The van der Waals surface area contributed by atoms with Gasteiger partial charge >= 0.3 is 0 Å². The van der Waals surface area contributed by atoms with E-state index < -0.39 is 0 Å². The summed E-state index contributed by atoms with van der Waals surface area (Å²) in [6, 6.07) is 15.1. The number of aliphatic hydroxyl groups excluding tert-OH is 1. The number of fused-ring (bicyclic) bond motifs is 1. The lowest BCUT2D eigenvalue weighted by Crippen LogP contribution is -2.32. The maximum atomic E-state index is 12.9. The van der Waals surface area contributed by atoms with Crippen LogP contribution in [0, 0.1) is 0 Å². The number of nitrogens with zero attached hydrogens (tertiary/aromatic N) is 2. The molecule has 0 fully saturated rings. The minimum atomic E-state index is -0.174. The molecule has 0 radical (unpaired) electrons. The van der Waals surface area contributed by atoms with Crippen LogP contribution in [0.1, 0.15) is 28.4 Å². The summed E-state index contributed by atoms with van der Waals surface area (Å²) in [5.74, 6) is -0.0952. The fourth-order valence-electron chi connectivity index (χ4n) is 2.86. The summed E-state index contributed by atoms with van der Waals surface area (Å²) in [5.41, 5.74) is 2.33. The summed E-state index contributed by atoms with van der Waals surface area (Å²) < 4.78 is 0. The van der Waals surface area contributed by atoms with Crippen LogP contribution in [0.25, 0.3) is 10.9 Å². The predicted molar refractivity (Wildman–Crippen MR) is 89.1 cm³/mol. The molecule has 0 aliphatic carbocycles. The second-order valence-corrected chi connectivity index (χ2v) is 5.49. The van der Waals surface area contributed by atoms with E-state index in [2.05, 4.69) is 10.2 Å². The summed E-state index contributed by atoms with van der Waals surface area (Å²) >= 11 is 0. The molecular formula is C18H19N3O2. The van der Waals surface area contributed by atoms with Gasteiger partial charge in [0.2, 0.25) is 0 Å². The average Bonchev–Trinajstić information content (AvgIpc) is 3.08. The molecule has 0 bridgehead atoms. The van der Waals surface area contributed by atoms with Crippen molar-refractivity contribution < 1.29 is 9.90 Å². The van der Waals surface area contributed by atoms with Gasteiger partial charge in [-0.25, -0.2) is 0 Å². The van der Waals surface area contributed by atoms with E-state index in [-0.39, 0.29) is 18.6 Å². The zero-order valence-electron chi connectivity index (χ0n) is 12.9. The largest absolute Gasteiger partial charge is 0.396 e. The van der Waals surface area contributed by atoms with E-state index in [0.717, 1.165) is 16.5 Å². The molecule has 3 rings (SSSR count). The summed E-state index contributed by atoms with van der Waals surface area (Å²) in [6.07, 6.45) is 2.19. The molecule has 0 saturated heterocycles. The van der Waals surface area contributed by atoms with E-state index in [9.17, 15) is 9.90 Å². The van der Waals surface area contributed by atoms with Gasteiger partial charge < -0.3 is 10.0 Å². The topological polar surface area (TPSA) is 69.2 Å². The van der Waals surface area contributed by atoms with Crippen LogP contribution < -0.4 is 0 Å². The number of para-hydroxylation sites is 1. The number of hydrogen-bond acceptors (Lipinski definition) is 3. The van der Waals surface area contributed by atoms with E-state index in [1.165, 1.54) is 0 Å². The Morgan fingerprint density at radius 2 is 2.00 bits per heavy atom. The zero-order valence-corrected chi connectivity index (χ0v) is 12.9. The molecule has 0 aliphatic heterocycles. The quantitative estimate of drug-likeness (QED) is 0.761. The van der Waals surface area contributed by atoms with Crippen molar-refractivity contribution >= 4 is 16.8 Å². The van der Waals surface area contributed by atoms with Gasteiger partial charge in [-0.3, -0.25) is 9.89 Å². The molecule has 1 amide bonds. The third kappa shape index (κ3) is 2.96. The normalized spacial score (nSPS) is 12.3. The number of benzene rings is 2.